The second-order valence-electron chi connectivity index (χ2n) is 1.18. The largest absolute Gasteiger partial charge is 0.344 e. The fourth-order valence-corrected chi connectivity index (χ4v) is 0.322. The summed E-state index contributed by atoms with van der Waals surface area (Å²) < 4.78 is 0. The van der Waals surface area contributed by atoms with E-state index in [1.165, 1.54) is 12.5 Å². The lowest BCUT2D eigenvalue weighted by atomic mass is 10.7. The van der Waals surface area contributed by atoms with Gasteiger partial charge < -0.3 is 4.89 Å². The van der Waals surface area contributed by atoms with E-state index in [1.807, 2.05) is 0 Å². The van der Waals surface area contributed by atoms with Gasteiger partial charge in [0.2, 0.25) is 0 Å². The van der Waals surface area contributed by atoms with Crippen molar-refractivity contribution in [3.63, 3.8) is 0 Å². The van der Waals surface area contributed by atoms with Crippen molar-refractivity contribution < 1.29 is 9.78 Å². The molecule has 1 rings (SSSR count). The van der Waals surface area contributed by atoms with Crippen molar-refractivity contribution >= 4 is 0 Å². The molecule has 0 radical (unpaired) electrons. The molecule has 44 valence electrons. The average Bonchev–Trinajstić information content (AvgIpc) is 1.62. The van der Waals surface area contributed by atoms with Crippen molar-refractivity contribution in [3.05, 3.63) is 12.5 Å². The number of nitrogens with zero attached hydrogens (tertiary/aromatic N) is 2. The van der Waals surface area contributed by atoms with Crippen LogP contribution in [-0.2, 0) is 9.78 Å². The molecule has 0 N–H and O–H groups in total. The topological polar surface area (TPSA) is 43.2 Å². The van der Waals surface area contributed by atoms with Crippen LogP contribution in [-0.4, -0.2) is 13.2 Å². The summed E-state index contributed by atoms with van der Waals surface area (Å²) in [7, 11) is 0. The zero-order valence-corrected chi connectivity index (χ0v) is 4.28. The highest BCUT2D eigenvalue weighted by Gasteiger charge is 1.85. The third kappa shape index (κ3) is 1.70. The molecule has 8 heavy (non-hydrogen) atoms. The van der Waals surface area contributed by atoms with Crippen molar-refractivity contribution in [2.75, 3.05) is 13.2 Å². The van der Waals surface area contributed by atoms with Crippen molar-refractivity contribution in [1.82, 2.24) is 0 Å². The first-order valence-corrected chi connectivity index (χ1v) is 2.30. The van der Waals surface area contributed by atoms with E-state index in [0.717, 1.165) is 0 Å². The van der Waals surface area contributed by atoms with Gasteiger partial charge in [-0.3, -0.25) is 0 Å². The lowest BCUT2D eigenvalue weighted by Gasteiger charge is -1.97. The molecule has 0 amide bonds. The molecule has 0 aromatic rings. The zero-order valence-electron chi connectivity index (χ0n) is 4.28. The molecule has 4 heteroatoms. The third-order valence-corrected chi connectivity index (χ3v) is 0.607. The van der Waals surface area contributed by atoms with Crippen LogP contribution in [0.3, 0.4) is 0 Å². The molecule has 0 aliphatic carbocycles. The maximum absolute atomic E-state index is 4.53. The average molecular weight is 114 g/mol. The van der Waals surface area contributed by atoms with Gasteiger partial charge in [0.05, 0.1) is 12.7 Å². The second-order valence-corrected chi connectivity index (χ2v) is 1.18. The smallest absolute Gasteiger partial charge is 0.149 e. The summed E-state index contributed by atoms with van der Waals surface area (Å²) in [6, 6.07) is 0. The minimum absolute atomic E-state index is 0.466. The predicted octanol–water partition coefficient (Wildman–Crippen LogP) is 0.872. The zero-order chi connectivity index (χ0) is 5.66. The summed E-state index contributed by atoms with van der Waals surface area (Å²) >= 11 is 0. The van der Waals surface area contributed by atoms with Crippen molar-refractivity contribution in [2.24, 2.45) is 10.2 Å². The summed E-state index contributed by atoms with van der Waals surface area (Å²) in [5, 5.41) is 7.23. The van der Waals surface area contributed by atoms with Gasteiger partial charge in [-0.2, -0.15) is 15.1 Å². The highest BCUT2D eigenvalue weighted by atomic mass is 17.2. The predicted molar refractivity (Wildman–Crippen MR) is 25.9 cm³/mol. The Balaban J connectivity index is 2.33. The Hall–Kier alpha value is -0.900. The Morgan fingerprint density at radius 3 is 3.50 bits per heavy atom. The standard InChI is InChI=1S/C4H6N2O2/c1-3-7-8-4-2-6-5-1/h1,3H,2,4H2/b3-1-,6-5?. The van der Waals surface area contributed by atoms with Crippen molar-refractivity contribution in [3.8, 4) is 0 Å². The molecule has 1 aliphatic rings. The lowest BCUT2D eigenvalue weighted by molar-refractivity contribution is -0.246. The molecule has 0 spiro atoms. The van der Waals surface area contributed by atoms with Crippen LogP contribution in [0.15, 0.2) is 22.7 Å². The van der Waals surface area contributed by atoms with E-state index < -0.39 is 0 Å². The van der Waals surface area contributed by atoms with E-state index >= 15 is 0 Å². The van der Waals surface area contributed by atoms with Crippen LogP contribution in [0.2, 0.25) is 0 Å². The third-order valence-electron chi connectivity index (χ3n) is 0.607. The second kappa shape index (κ2) is 3.15. The van der Waals surface area contributed by atoms with Gasteiger partial charge in [0, 0.05) is 0 Å². The fraction of sp³-hybridized carbons (Fsp3) is 0.500. The van der Waals surface area contributed by atoms with E-state index in [0.29, 0.717) is 13.2 Å². The summed E-state index contributed by atoms with van der Waals surface area (Å²) in [4.78, 5) is 8.97. The van der Waals surface area contributed by atoms with E-state index in [1.54, 1.807) is 0 Å². The minimum atomic E-state index is 0.466. The molecule has 1 heterocycles. The van der Waals surface area contributed by atoms with Crippen LogP contribution in [0.1, 0.15) is 0 Å². The van der Waals surface area contributed by atoms with E-state index in [2.05, 4.69) is 20.0 Å². The van der Waals surface area contributed by atoms with Crippen LogP contribution in [0.5, 0.6) is 0 Å². The molecule has 0 bridgehead atoms. The van der Waals surface area contributed by atoms with Gasteiger partial charge in [0.25, 0.3) is 0 Å². The van der Waals surface area contributed by atoms with Crippen molar-refractivity contribution in [1.29, 1.82) is 0 Å². The Bertz CT molecular complexity index is 96.6. The SMILES string of the molecule is C1=C\OOCCN=N/1. The lowest BCUT2D eigenvalue weighted by Crippen LogP contribution is -1.96. The number of hydrogen-bond donors (Lipinski definition) is 0. The van der Waals surface area contributed by atoms with Gasteiger partial charge in [-0.15, -0.1) is 0 Å². The highest BCUT2D eigenvalue weighted by Crippen LogP contribution is 1.88. The maximum atomic E-state index is 4.53. The first-order valence-electron chi connectivity index (χ1n) is 2.30. The van der Waals surface area contributed by atoms with Gasteiger partial charge in [0.15, 0.2) is 0 Å². The molecule has 0 aromatic heterocycles. The molecule has 4 nitrogen and oxygen atoms in total. The van der Waals surface area contributed by atoms with Crippen LogP contribution in [0.25, 0.3) is 0 Å². The Kier molecular flexibility index (Phi) is 2.06. The first-order chi connectivity index (χ1) is 4.00. The molecular weight excluding hydrogens is 108 g/mol. The Labute approximate surface area is 46.7 Å². The van der Waals surface area contributed by atoms with Crippen LogP contribution in [0.4, 0.5) is 0 Å². The van der Waals surface area contributed by atoms with Crippen LogP contribution < -0.4 is 0 Å². The summed E-state index contributed by atoms with van der Waals surface area (Å²) in [6.07, 6.45) is 2.77. The summed E-state index contributed by atoms with van der Waals surface area (Å²) in [6.45, 7) is 1.03. The molecule has 0 aromatic carbocycles. The number of azo groups is 1. The molecule has 0 atom stereocenters. The number of hydrogen-bond acceptors (Lipinski definition) is 4. The molecule has 0 saturated heterocycles. The van der Waals surface area contributed by atoms with E-state index in [9.17, 15) is 0 Å². The van der Waals surface area contributed by atoms with Gasteiger partial charge in [-0.1, -0.05) is 0 Å². The molecule has 0 fully saturated rings. The minimum Gasteiger partial charge on any atom is -0.344 e. The normalized spacial score (nSPS) is 23.0. The van der Waals surface area contributed by atoms with Gasteiger partial charge >= 0.3 is 0 Å². The van der Waals surface area contributed by atoms with E-state index in [4.69, 9.17) is 0 Å². The fourth-order valence-electron chi connectivity index (χ4n) is 0.322. The quantitative estimate of drug-likeness (QED) is 0.438. The number of rotatable bonds is 0. The Morgan fingerprint density at radius 1 is 1.50 bits per heavy atom. The van der Waals surface area contributed by atoms with Gasteiger partial charge in [0.1, 0.15) is 12.9 Å². The molecule has 0 saturated carbocycles. The molecule has 0 unspecified atom stereocenters. The van der Waals surface area contributed by atoms with Crippen LogP contribution in [0, 0.1) is 0 Å². The van der Waals surface area contributed by atoms with Crippen LogP contribution >= 0.6 is 0 Å². The van der Waals surface area contributed by atoms with Crippen molar-refractivity contribution in [2.45, 2.75) is 0 Å². The van der Waals surface area contributed by atoms with E-state index in [-0.39, 0.29) is 0 Å². The summed E-state index contributed by atoms with van der Waals surface area (Å²) in [5.74, 6) is 0. The monoisotopic (exact) mass is 114 g/mol. The van der Waals surface area contributed by atoms with Gasteiger partial charge in [-0.05, 0) is 0 Å². The Morgan fingerprint density at radius 2 is 2.50 bits per heavy atom. The molecular formula is C4H6N2O2. The molecule has 1 aliphatic heterocycles. The highest BCUT2D eigenvalue weighted by molar-refractivity contribution is 4.66. The first kappa shape index (κ1) is 5.24. The van der Waals surface area contributed by atoms with Gasteiger partial charge in [-0.25, -0.2) is 0 Å². The summed E-state index contributed by atoms with van der Waals surface area (Å²) in [5.41, 5.74) is 0. The maximum Gasteiger partial charge on any atom is 0.149 e.